The van der Waals surface area contributed by atoms with E-state index in [0.29, 0.717) is 12.0 Å². The van der Waals surface area contributed by atoms with Gasteiger partial charge in [-0.3, -0.25) is 0 Å². The summed E-state index contributed by atoms with van der Waals surface area (Å²) in [7, 11) is 0. The molecule has 0 aromatic carbocycles. The van der Waals surface area contributed by atoms with Crippen molar-refractivity contribution < 1.29 is 4.74 Å². The summed E-state index contributed by atoms with van der Waals surface area (Å²) < 4.78 is 5.34. The molecule has 1 saturated heterocycles. The van der Waals surface area contributed by atoms with E-state index in [9.17, 15) is 0 Å². The fraction of sp³-hybridized carbons (Fsp3) is 0.750. The lowest BCUT2D eigenvalue weighted by Gasteiger charge is -2.24. The molecule has 3 nitrogen and oxygen atoms in total. The summed E-state index contributed by atoms with van der Waals surface area (Å²) in [6.07, 6.45) is 2.28. The average molecular weight is 240 g/mol. The summed E-state index contributed by atoms with van der Waals surface area (Å²) in [5.74, 6) is 0.515. The van der Waals surface area contributed by atoms with Crippen LogP contribution in [0.3, 0.4) is 0 Å². The first-order valence-electron chi connectivity index (χ1n) is 5.99. The molecule has 16 heavy (non-hydrogen) atoms. The average Bonchev–Trinajstić information content (AvgIpc) is 2.74. The molecule has 1 aromatic heterocycles. The molecule has 90 valence electrons. The van der Waals surface area contributed by atoms with E-state index in [-0.39, 0.29) is 0 Å². The zero-order valence-corrected chi connectivity index (χ0v) is 10.8. The molecule has 0 spiro atoms. The Kier molecular flexibility index (Phi) is 4.32. The molecule has 1 aliphatic rings. The van der Waals surface area contributed by atoms with Crippen LogP contribution in [0.15, 0.2) is 5.38 Å². The molecule has 1 unspecified atom stereocenters. The van der Waals surface area contributed by atoms with Gasteiger partial charge in [-0.15, -0.1) is 11.3 Å². The molecule has 1 N–H and O–H groups in total. The van der Waals surface area contributed by atoms with Crippen LogP contribution >= 0.6 is 11.3 Å². The second-order valence-corrected chi connectivity index (χ2v) is 5.41. The summed E-state index contributed by atoms with van der Waals surface area (Å²) in [5, 5.41) is 6.99. The highest BCUT2D eigenvalue weighted by Crippen LogP contribution is 2.19. The molecule has 1 aromatic rings. The van der Waals surface area contributed by atoms with Crippen LogP contribution in [-0.2, 0) is 4.74 Å². The molecule has 1 aliphatic heterocycles. The molecule has 2 rings (SSSR count). The van der Waals surface area contributed by atoms with Crippen molar-refractivity contribution in [3.8, 4) is 0 Å². The van der Waals surface area contributed by atoms with Gasteiger partial charge in [-0.2, -0.15) is 0 Å². The molecule has 1 fully saturated rings. The van der Waals surface area contributed by atoms with Crippen LogP contribution < -0.4 is 5.32 Å². The first kappa shape index (κ1) is 12.0. The summed E-state index contributed by atoms with van der Waals surface area (Å²) in [6, 6.07) is 0.636. The minimum Gasteiger partial charge on any atom is -0.381 e. The fourth-order valence-corrected chi connectivity index (χ4v) is 2.79. The highest BCUT2D eigenvalue weighted by Gasteiger charge is 2.15. The third-order valence-electron chi connectivity index (χ3n) is 2.99. The minimum atomic E-state index is 0.515. The van der Waals surface area contributed by atoms with Crippen molar-refractivity contribution >= 4 is 11.3 Å². The second kappa shape index (κ2) is 5.75. The maximum atomic E-state index is 5.34. The Bertz CT molecular complexity index is 321. The topological polar surface area (TPSA) is 34.1 Å². The number of rotatable bonds is 4. The quantitative estimate of drug-likeness (QED) is 0.877. The van der Waals surface area contributed by atoms with Crippen LogP contribution in [0, 0.1) is 6.92 Å². The van der Waals surface area contributed by atoms with Gasteiger partial charge in [0.15, 0.2) is 0 Å². The fourth-order valence-electron chi connectivity index (χ4n) is 1.93. The molecule has 0 radical (unpaired) electrons. The van der Waals surface area contributed by atoms with Gasteiger partial charge in [0, 0.05) is 42.8 Å². The Morgan fingerprint density at radius 1 is 1.56 bits per heavy atom. The monoisotopic (exact) mass is 240 g/mol. The van der Waals surface area contributed by atoms with Gasteiger partial charge in [0.05, 0.1) is 5.01 Å². The van der Waals surface area contributed by atoms with Gasteiger partial charge < -0.3 is 10.1 Å². The number of nitrogens with one attached hydrogen (secondary N) is 1. The van der Waals surface area contributed by atoms with Crippen molar-refractivity contribution in [1.82, 2.24) is 10.3 Å². The van der Waals surface area contributed by atoms with Gasteiger partial charge in [0.2, 0.25) is 0 Å². The smallest absolute Gasteiger partial charge is 0.0969 e. The van der Waals surface area contributed by atoms with Crippen LogP contribution in [0.25, 0.3) is 0 Å². The summed E-state index contributed by atoms with van der Waals surface area (Å²) in [4.78, 5) is 4.53. The van der Waals surface area contributed by atoms with Crippen LogP contribution in [0.2, 0.25) is 0 Å². The summed E-state index contributed by atoms with van der Waals surface area (Å²) in [5.41, 5.74) is 1.14. The van der Waals surface area contributed by atoms with Gasteiger partial charge in [-0.1, -0.05) is 6.92 Å². The van der Waals surface area contributed by atoms with E-state index >= 15 is 0 Å². The molecule has 1 atom stereocenters. The SMILES string of the molecule is Cc1csc(C(C)CNC2CCOCC2)n1. The third kappa shape index (κ3) is 3.27. The Labute approximate surface area is 101 Å². The molecule has 0 bridgehead atoms. The van der Waals surface area contributed by atoms with Crippen LogP contribution in [0.4, 0.5) is 0 Å². The van der Waals surface area contributed by atoms with Crippen LogP contribution in [0.1, 0.15) is 36.4 Å². The largest absolute Gasteiger partial charge is 0.381 e. The summed E-state index contributed by atoms with van der Waals surface area (Å²) >= 11 is 1.77. The molecule has 0 amide bonds. The molecular formula is C12H20N2OS. The lowest BCUT2D eigenvalue weighted by molar-refractivity contribution is 0.0777. The van der Waals surface area contributed by atoms with Crippen LogP contribution in [0.5, 0.6) is 0 Å². The van der Waals surface area contributed by atoms with E-state index in [1.165, 1.54) is 5.01 Å². The standard InChI is InChI=1S/C12H20N2OS/c1-9(12-14-10(2)8-16-12)7-13-11-3-5-15-6-4-11/h8-9,11,13H,3-7H2,1-2H3. The zero-order valence-electron chi connectivity index (χ0n) is 10.0. The predicted octanol–water partition coefficient (Wildman–Crippen LogP) is 2.32. The maximum absolute atomic E-state index is 5.34. The molecule has 0 aliphatic carbocycles. The van der Waals surface area contributed by atoms with Gasteiger partial charge in [0.25, 0.3) is 0 Å². The first-order chi connectivity index (χ1) is 7.75. The van der Waals surface area contributed by atoms with Gasteiger partial charge in [0.1, 0.15) is 0 Å². The normalized spacial score (nSPS) is 19.9. The van der Waals surface area contributed by atoms with E-state index in [0.717, 1.165) is 38.3 Å². The van der Waals surface area contributed by atoms with Gasteiger partial charge in [-0.05, 0) is 19.8 Å². The minimum absolute atomic E-state index is 0.515. The molecular weight excluding hydrogens is 220 g/mol. The number of ether oxygens (including phenoxy) is 1. The van der Waals surface area contributed by atoms with Crippen molar-refractivity contribution in [2.45, 2.75) is 38.6 Å². The number of aryl methyl sites for hydroxylation is 1. The highest BCUT2D eigenvalue weighted by atomic mass is 32.1. The third-order valence-corrected chi connectivity index (χ3v) is 4.19. The number of thiazole rings is 1. The van der Waals surface area contributed by atoms with Crippen molar-refractivity contribution in [1.29, 1.82) is 0 Å². The number of nitrogens with zero attached hydrogens (tertiary/aromatic N) is 1. The van der Waals surface area contributed by atoms with Crippen molar-refractivity contribution in [2.75, 3.05) is 19.8 Å². The highest BCUT2D eigenvalue weighted by molar-refractivity contribution is 7.09. The Hall–Kier alpha value is -0.450. The molecule has 0 saturated carbocycles. The van der Waals surface area contributed by atoms with Crippen molar-refractivity contribution in [2.24, 2.45) is 0 Å². The van der Waals surface area contributed by atoms with Crippen LogP contribution in [-0.4, -0.2) is 30.8 Å². The maximum Gasteiger partial charge on any atom is 0.0969 e. The Morgan fingerprint density at radius 3 is 2.94 bits per heavy atom. The molecule has 4 heteroatoms. The van der Waals surface area contributed by atoms with Crippen molar-refractivity contribution in [3.05, 3.63) is 16.1 Å². The van der Waals surface area contributed by atoms with Gasteiger partial charge in [-0.25, -0.2) is 4.98 Å². The zero-order chi connectivity index (χ0) is 11.4. The van der Waals surface area contributed by atoms with E-state index < -0.39 is 0 Å². The van der Waals surface area contributed by atoms with E-state index in [1.807, 2.05) is 0 Å². The van der Waals surface area contributed by atoms with E-state index in [4.69, 9.17) is 4.74 Å². The lowest BCUT2D eigenvalue weighted by Crippen LogP contribution is -2.36. The molecule has 2 heterocycles. The summed E-state index contributed by atoms with van der Waals surface area (Å²) in [6.45, 7) is 7.13. The predicted molar refractivity (Wildman–Crippen MR) is 67.1 cm³/mol. The second-order valence-electron chi connectivity index (χ2n) is 4.52. The number of hydrogen-bond acceptors (Lipinski definition) is 4. The lowest BCUT2D eigenvalue weighted by atomic mass is 10.1. The van der Waals surface area contributed by atoms with E-state index in [2.05, 4.69) is 29.5 Å². The van der Waals surface area contributed by atoms with Gasteiger partial charge >= 0.3 is 0 Å². The van der Waals surface area contributed by atoms with Crippen molar-refractivity contribution in [3.63, 3.8) is 0 Å². The Balaban J connectivity index is 1.76. The van der Waals surface area contributed by atoms with E-state index in [1.54, 1.807) is 11.3 Å². The number of hydrogen-bond donors (Lipinski definition) is 1. The number of aromatic nitrogens is 1. The first-order valence-corrected chi connectivity index (χ1v) is 6.87. The Morgan fingerprint density at radius 2 is 2.31 bits per heavy atom.